The van der Waals surface area contributed by atoms with Gasteiger partial charge >= 0.3 is 0 Å². The van der Waals surface area contributed by atoms with E-state index in [9.17, 15) is 9.59 Å². The van der Waals surface area contributed by atoms with E-state index in [2.05, 4.69) is 19.9 Å². The van der Waals surface area contributed by atoms with Crippen molar-refractivity contribution in [1.82, 2.24) is 24.8 Å². The van der Waals surface area contributed by atoms with E-state index in [1.165, 1.54) is 6.33 Å². The van der Waals surface area contributed by atoms with Crippen LogP contribution in [0.2, 0.25) is 0 Å². The molecule has 0 fully saturated rings. The molecule has 0 aliphatic rings. The highest BCUT2D eigenvalue weighted by Crippen LogP contribution is 2.22. The third kappa shape index (κ3) is 4.30. The summed E-state index contributed by atoms with van der Waals surface area (Å²) >= 11 is 0. The maximum atomic E-state index is 12.4. The number of hydrogen-bond donors (Lipinski definition) is 2. The lowest BCUT2D eigenvalue weighted by Crippen LogP contribution is -2.30. The van der Waals surface area contributed by atoms with Gasteiger partial charge in [-0.3, -0.25) is 14.6 Å². The van der Waals surface area contributed by atoms with Gasteiger partial charge in [0.2, 0.25) is 0 Å². The number of fused-ring (bicyclic) bond motifs is 1. The van der Waals surface area contributed by atoms with E-state index in [4.69, 9.17) is 0 Å². The molecular formula is C24H23N5O2. The molecule has 0 bridgehead atoms. The fourth-order valence-corrected chi connectivity index (χ4v) is 3.43. The van der Waals surface area contributed by atoms with Gasteiger partial charge in [-0.1, -0.05) is 18.2 Å². The molecule has 0 radical (unpaired) electrons. The van der Waals surface area contributed by atoms with Gasteiger partial charge in [0.25, 0.3) is 11.5 Å². The Hall–Kier alpha value is -4.00. The number of nitrogens with one attached hydrogen (secondary N) is 2. The molecule has 0 aliphatic carbocycles. The molecule has 0 aliphatic heterocycles. The Morgan fingerprint density at radius 1 is 1.03 bits per heavy atom. The Balaban J connectivity index is 1.54. The first-order valence-electron chi connectivity index (χ1n) is 10.2. The highest BCUT2D eigenvalue weighted by Gasteiger charge is 2.11. The van der Waals surface area contributed by atoms with Crippen molar-refractivity contribution in [1.29, 1.82) is 0 Å². The number of amides is 1. The number of carbonyl (C=O) groups is 1. The summed E-state index contributed by atoms with van der Waals surface area (Å²) in [6.07, 6.45) is 6.98. The van der Waals surface area contributed by atoms with E-state index in [-0.39, 0.29) is 11.5 Å². The lowest BCUT2D eigenvalue weighted by atomic mass is 10.1. The van der Waals surface area contributed by atoms with Gasteiger partial charge < -0.3 is 14.9 Å². The zero-order valence-electron chi connectivity index (χ0n) is 17.4. The van der Waals surface area contributed by atoms with Gasteiger partial charge in [-0.15, -0.1) is 0 Å². The molecule has 1 aromatic carbocycles. The average Bonchev–Trinajstić information content (AvgIpc) is 3.25. The second-order valence-electron chi connectivity index (χ2n) is 7.08. The molecule has 0 spiro atoms. The molecule has 31 heavy (non-hydrogen) atoms. The van der Waals surface area contributed by atoms with Crippen molar-refractivity contribution >= 4 is 29.1 Å². The van der Waals surface area contributed by atoms with Gasteiger partial charge in [0.1, 0.15) is 5.65 Å². The predicted molar refractivity (Wildman–Crippen MR) is 123 cm³/mol. The summed E-state index contributed by atoms with van der Waals surface area (Å²) < 4.78 is 0. The molecule has 7 nitrogen and oxygen atoms in total. The maximum absolute atomic E-state index is 12.4. The summed E-state index contributed by atoms with van der Waals surface area (Å²) in [5, 5.41) is 0.519. The normalized spacial score (nSPS) is 11.3. The van der Waals surface area contributed by atoms with Gasteiger partial charge in [-0.05, 0) is 55.8 Å². The summed E-state index contributed by atoms with van der Waals surface area (Å²) in [6.45, 7) is 5.34. The fraction of sp³-hybridized carbons (Fsp3) is 0.167. The van der Waals surface area contributed by atoms with E-state index in [0.29, 0.717) is 29.7 Å². The molecular weight excluding hydrogens is 390 g/mol. The zero-order valence-corrected chi connectivity index (χ0v) is 17.4. The average molecular weight is 413 g/mol. The number of aromatic nitrogens is 4. The van der Waals surface area contributed by atoms with Crippen molar-refractivity contribution in [3.8, 4) is 11.3 Å². The van der Waals surface area contributed by atoms with Crippen LogP contribution in [-0.4, -0.2) is 43.8 Å². The molecule has 2 N–H and O–H groups in total. The van der Waals surface area contributed by atoms with Crippen molar-refractivity contribution in [2.75, 3.05) is 13.1 Å². The van der Waals surface area contributed by atoms with Gasteiger partial charge in [0, 0.05) is 36.1 Å². The molecule has 0 unspecified atom stereocenters. The van der Waals surface area contributed by atoms with Gasteiger partial charge in [-0.2, -0.15) is 0 Å². The first-order chi connectivity index (χ1) is 15.1. The lowest BCUT2D eigenvalue weighted by Gasteiger charge is -2.18. The fourth-order valence-electron chi connectivity index (χ4n) is 3.43. The van der Waals surface area contributed by atoms with E-state index in [1.807, 2.05) is 62.4 Å². The van der Waals surface area contributed by atoms with Crippen molar-refractivity contribution in [2.24, 2.45) is 0 Å². The Kier molecular flexibility index (Phi) is 5.75. The van der Waals surface area contributed by atoms with Gasteiger partial charge in [-0.25, -0.2) is 4.98 Å². The highest BCUT2D eigenvalue weighted by atomic mass is 16.2. The Morgan fingerprint density at radius 2 is 1.81 bits per heavy atom. The molecule has 3 heterocycles. The largest absolute Gasteiger partial charge is 0.339 e. The molecule has 1 amide bonds. The number of carbonyl (C=O) groups excluding carboxylic acids is 1. The van der Waals surface area contributed by atoms with E-state index < -0.39 is 0 Å². The lowest BCUT2D eigenvalue weighted by molar-refractivity contribution is 0.0773. The van der Waals surface area contributed by atoms with Crippen LogP contribution in [0, 0.1) is 0 Å². The number of rotatable bonds is 6. The van der Waals surface area contributed by atoms with E-state index in [1.54, 1.807) is 17.2 Å². The van der Waals surface area contributed by atoms with Crippen LogP contribution in [-0.2, 0) is 0 Å². The van der Waals surface area contributed by atoms with Crippen LogP contribution in [0.5, 0.6) is 0 Å². The number of H-pyrrole nitrogens is 2. The second-order valence-corrected chi connectivity index (χ2v) is 7.08. The molecule has 7 heteroatoms. The first-order valence-corrected chi connectivity index (χ1v) is 10.2. The number of hydrogen-bond acceptors (Lipinski definition) is 4. The molecule has 4 aromatic rings. The van der Waals surface area contributed by atoms with Crippen LogP contribution >= 0.6 is 0 Å². The maximum Gasteiger partial charge on any atom is 0.260 e. The molecule has 0 saturated carbocycles. The molecule has 156 valence electrons. The summed E-state index contributed by atoms with van der Waals surface area (Å²) in [5.41, 5.74) is 4.52. The van der Waals surface area contributed by atoms with E-state index in [0.717, 1.165) is 22.5 Å². The van der Waals surface area contributed by atoms with Crippen molar-refractivity contribution in [2.45, 2.75) is 13.8 Å². The van der Waals surface area contributed by atoms with Gasteiger partial charge in [0.05, 0.1) is 17.4 Å². The monoisotopic (exact) mass is 413 g/mol. The summed E-state index contributed by atoms with van der Waals surface area (Å²) in [6, 6.07) is 13.1. The zero-order chi connectivity index (χ0) is 21.8. The summed E-state index contributed by atoms with van der Waals surface area (Å²) in [4.78, 5) is 40.5. The molecule has 0 atom stereocenters. The SMILES string of the molecule is CCN(CC)C(=O)c1ccc(C=Cc2cc(-c3cc4c(=O)[nH]cnc4[nH]3)ccn2)cc1. The van der Waals surface area contributed by atoms with Crippen molar-refractivity contribution < 1.29 is 4.79 Å². The van der Waals surface area contributed by atoms with Crippen LogP contribution in [0.15, 0.2) is 59.8 Å². The van der Waals surface area contributed by atoms with E-state index >= 15 is 0 Å². The second kappa shape index (κ2) is 8.79. The summed E-state index contributed by atoms with van der Waals surface area (Å²) in [5.74, 6) is 0.0431. The van der Waals surface area contributed by atoms with Crippen LogP contribution in [0.4, 0.5) is 0 Å². The van der Waals surface area contributed by atoms with Crippen LogP contribution in [0.1, 0.15) is 35.5 Å². The predicted octanol–water partition coefficient (Wildman–Crippen LogP) is 3.97. The Morgan fingerprint density at radius 3 is 2.52 bits per heavy atom. The third-order valence-corrected chi connectivity index (χ3v) is 5.18. The Labute approximate surface area is 179 Å². The third-order valence-electron chi connectivity index (χ3n) is 5.18. The van der Waals surface area contributed by atoms with Crippen molar-refractivity contribution in [3.05, 3.63) is 82.2 Å². The van der Waals surface area contributed by atoms with Crippen LogP contribution in [0.3, 0.4) is 0 Å². The topological polar surface area (TPSA) is 94.7 Å². The summed E-state index contributed by atoms with van der Waals surface area (Å²) in [7, 11) is 0. The molecule has 3 aromatic heterocycles. The standard InChI is InChI=1S/C24H23N5O2/c1-3-29(4-2)24(31)17-8-5-16(6-9-17)7-10-19-13-18(11-12-25-19)21-14-20-22(28-21)26-15-27-23(20)30/h5-15H,3-4H2,1-2H3,(H2,26,27,28,30). The number of pyridine rings is 1. The number of aromatic amines is 2. The smallest absolute Gasteiger partial charge is 0.260 e. The minimum atomic E-state index is -0.176. The van der Waals surface area contributed by atoms with Gasteiger partial charge in [0.15, 0.2) is 0 Å². The molecule has 0 saturated heterocycles. The molecule has 4 rings (SSSR count). The van der Waals surface area contributed by atoms with Crippen LogP contribution < -0.4 is 5.56 Å². The highest BCUT2D eigenvalue weighted by molar-refractivity contribution is 5.94. The van der Waals surface area contributed by atoms with Crippen LogP contribution in [0.25, 0.3) is 34.4 Å². The number of nitrogens with zero attached hydrogens (tertiary/aromatic N) is 3. The quantitative estimate of drug-likeness (QED) is 0.500. The first kappa shape index (κ1) is 20.3. The minimum absolute atomic E-state index is 0.0431. The minimum Gasteiger partial charge on any atom is -0.339 e. The Bertz CT molecular complexity index is 1300. The number of benzene rings is 1. The van der Waals surface area contributed by atoms with Crippen molar-refractivity contribution in [3.63, 3.8) is 0 Å².